The van der Waals surface area contributed by atoms with Crippen molar-refractivity contribution < 1.29 is 42.8 Å². The molecule has 152 valence electrons. The normalized spacial score (nSPS) is 16.2. The van der Waals surface area contributed by atoms with Crippen molar-refractivity contribution >= 4 is 25.6 Å². The number of nitrogens with one attached hydrogen (secondary N) is 2. The molecule has 0 fully saturated rings. The minimum atomic E-state index is -5.12. The van der Waals surface area contributed by atoms with Gasteiger partial charge in [0.05, 0.1) is 34.3 Å². The molecule has 4 N–H and O–H groups in total. The summed E-state index contributed by atoms with van der Waals surface area (Å²) in [5.74, 6) is -2.78. The standard InChI is InChI=1S/C14H28N3O8P/c1-10(18)15-11(7-5-6-8-17(2,3)4)13(19)16-12(14(20)21)9-25-26(22,23)24/h11-12H,5-9H2,1-4H3,(H4-,15,16,18,19,20,21,22,23,24)/t11-,12-/m0/s1. The third-order valence-electron chi connectivity index (χ3n) is 3.28. The lowest BCUT2D eigenvalue weighted by Crippen LogP contribution is -2.52. The second kappa shape index (κ2) is 10.6. The van der Waals surface area contributed by atoms with Gasteiger partial charge in [0, 0.05) is 6.92 Å². The third-order valence-corrected chi connectivity index (χ3v) is 3.76. The van der Waals surface area contributed by atoms with Crippen LogP contribution in [0.1, 0.15) is 26.2 Å². The van der Waals surface area contributed by atoms with E-state index < -0.39 is 44.3 Å². The fourth-order valence-electron chi connectivity index (χ4n) is 2.06. The van der Waals surface area contributed by atoms with E-state index in [0.717, 1.165) is 17.4 Å². The van der Waals surface area contributed by atoms with E-state index in [1.165, 1.54) is 6.92 Å². The number of quaternary nitrogens is 1. The van der Waals surface area contributed by atoms with E-state index in [0.29, 0.717) is 12.8 Å². The molecule has 0 aliphatic carbocycles. The van der Waals surface area contributed by atoms with Gasteiger partial charge in [-0.15, -0.1) is 0 Å². The van der Waals surface area contributed by atoms with E-state index in [1.54, 1.807) is 0 Å². The number of carbonyl (C=O) groups is 3. The lowest BCUT2D eigenvalue weighted by atomic mass is 10.1. The first-order chi connectivity index (χ1) is 11.7. The molecule has 0 aliphatic heterocycles. The largest absolute Gasteiger partial charge is 0.756 e. The number of carboxylic acid groups (broad SMARTS) is 1. The quantitative estimate of drug-likeness (QED) is 0.174. The zero-order chi connectivity index (χ0) is 20.5. The molecular weight excluding hydrogens is 369 g/mol. The molecule has 12 heteroatoms. The van der Waals surface area contributed by atoms with Crippen LogP contribution in [0.25, 0.3) is 0 Å². The van der Waals surface area contributed by atoms with E-state index in [1.807, 2.05) is 21.1 Å². The van der Waals surface area contributed by atoms with Crippen molar-refractivity contribution in [1.82, 2.24) is 10.6 Å². The number of aliphatic carboxylic acids is 1. The van der Waals surface area contributed by atoms with Gasteiger partial charge in [0.2, 0.25) is 11.8 Å². The first kappa shape index (κ1) is 24.5. The molecule has 0 bridgehead atoms. The second-order valence-electron chi connectivity index (χ2n) is 6.93. The summed E-state index contributed by atoms with van der Waals surface area (Å²) in [5, 5.41) is 13.6. The van der Waals surface area contributed by atoms with E-state index in [9.17, 15) is 23.8 Å². The predicted octanol–water partition coefficient (Wildman–Crippen LogP) is -1.59. The summed E-state index contributed by atoms with van der Waals surface area (Å²) in [5.41, 5.74) is 0. The van der Waals surface area contributed by atoms with Gasteiger partial charge in [-0.3, -0.25) is 14.2 Å². The fourth-order valence-corrected chi connectivity index (χ4v) is 2.40. The lowest BCUT2D eigenvalue weighted by molar-refractivity contribution is -0.870. The maximum Gasteiger partial charge on any atom is 0.328 e. The van der Waals surface area contributed by atoms with Gasteiger partial charge in [0.25, 0.3) is 7.82 Å². The van der Waals surface area contributed by atoms with Crippen LogP contribution in [0.3, 0.4) is 0 Å². The van der Waals surface area contributed by atoms with Crippen LogP contribution in [-0.4, -0.2) is 78.6 Å². The van der Waals surface area contributed by atoms with Crippen molar-refractivity contribution in [2.24, 2.45) is 0 Å². The minimum absolute atomic E-state index is 0.290. The van der Waals surface area contributed by atoms with Crippen LogP contribution in [0.5, 0.6) is 0 Å². The van der Waals surface area contributed by atoms with Crippen LogP contribution in [0.15, 0.2) is 0 Å². The Morgan fingerprint density at radius 3 is 2.15 bits per heavy atom. The van der Waals surface area contributed by atoms with E-state index in [4.69, 9.17) is 10.00 Å². The summed E-state index contributed by atoms with van der Waals surface area (Å²) in [6.07, 6.45) is 1.70. The number of rotatable bonds is 12. The predicted molar refractivity (Wildman–Crippen MR) is 89.7 cm³/mol. The number of unbranched alkanes of at least 4 members (excludes halogenated alkanes) is 1. The number of carbonyl (C=O) groups excluding carboxylic acids is 2. The molecular formula is C14H28N3O8P. The summed E-state index contributed by atoms with van der Waals surface area (Å²) in [7, 11) is 0.935. The molecule has 0 aliphatic rings. The van der Waals surface area contributed by atoms with E-state index >= 15 is 0 Å². The Hall–Kier alpha value is -1.52. The highest BCUT2D eigenvalue weighted by molar-refractivity contribution is 7.44. The highest BCUT2D eigenvalue weighted by atomic mass is 31.2. The molecule has 0 radical (unpaired) electrons. The van der Waals surface area contributed by atoms with E-state index in [-0.39, 0.29) is 0 Å². The Labute approximate surface area is 152 Å². The van der Waals surface area contributed by atoms with Crippen molar-refractivity contribution in [3.8, 4) is 0 Å². The number of phosphoric ester groups is 1. The highest BCUT2D eigenvalue weighted by Gasteiger charge is 2.27. The molecule has 0 aromatic heterocycles. The molecule has 3 atom stereocenters. The second-order valence-corrected chi connectivity index (χ2v) is 8.12. The molecule has 0 aromatic carbocycles. The van der Waals surface area contributed by atoms with Gasteiger partial charge in [-0.25, -0.2) is 4.79 Å². The first-order valence-electron chi connectivity index (χ1n) is 8.00. The lowest BCUT2D eigenvalue weighted by Gasteiger charge is -2.25. The molecule has 11 nitrogen and oxygen atoms in total. The third kappa shape index (κ3) is 12.8. The van der Waals surface area contributed by atoms with Crippen molar-refractivity contribution in [2.45, 2.75) is 38.3 Å². The monoisotopic (exact) mass is 397 g/mol. The molecule has 2 amide bonds. The molecule has 0 saturated carbocycles. The Morgan fingerprint density at radius 2 is 1.73 bits per heavy atom. The first-order valence-corrected chi connectivity index (χ1v) is 9.50. The van der Waals surface area contributed by atoms with Gasteiger partial charge in [0.1, 0.15) is 6.04 Å². The molecule has 0 rings (SSSR count). The number of hydrogen-bond acceptors (Lipinski definition) is 6. The highest BCUT2D eigenvalue weighted by Crippen LogP contribution is 2.30. The molecule has 0 saturated heterocycles. The molecule has 0 heterocycles. The number of hydrogen-bond donors (Lipinski definition) is 4. The maximum absolute atomic E-state index is 12.3. The smallest absolute Gasteiger partial charge is 0.328 e. The molecule has 1 unspecified atom stereocenters. The Balaban J connectivity index is 4.79. The van der Waals surface area contributed by atoms with Gasteiger partial charge in [-0.1, -0.05) is 0 Å². The minimum Gasteiger partial charge on any atom is -0.756 e. The van der Waals surface area contributed by atoms with Crippen LogP contribution in [-0.2, 0) is 23.5 Å². The molecule has 26 heavy (non-hydrogen) atoms. The van der Waals surface area contributed by atoms with Crippen LogP contribution in [0.2, 0.25) is 0 Å². The maximum atomic E-state index is 12.3. The van der Waals surface area contributed by atoms with Gasteiger partial charge in [-0.05, 0) is 19.3 Å². The Kier molecular flexibility index (Phi) is 9.97. The molecule has 0 aromatic rings. The topological polar surface area (TPSA) is 165 Å². The van der Waals surface area contributed by atoms with Crippen molar-refractivity contribution in [1.29, 1.82) is 0 Å². The molecule has 0 spiro atoms. The summed E-state index contributed by atoms with van der Waals surface area (Å²) < 4.78 is 15.3. The van der Waals surface area contributed by atoms with Crippen molar-refractivity contribution in [3.63, 3.8) is 0 Å². The Bertz CT molecular complexity index is 543. The fraction of sp³-hybridized carbons (Fsp3) is 0.786. The average Bonchev–Trinajstić information content (AvgIpc) is 2.43. The zero-order valence-electron chi connectivity index (χ0n) is 15.4. The average molecular weight is 397 g/mol. The number of phosphoric acid groups is 1. The SMILES string of the molecule is CC(=O)N[C@@H](CCCC[N+](C)(C)C)C(=O)N[C@@H](COP(=O)([O-])O)C(=O)O. The number of carboxylic acids is 1. The van der Waals surface area contributed by atoms with Crippen molar-refractivity contribution in [2.75, 3.05) is 34.3 Å². The van der Waals surface area contributed by atoms with E-state index in [2.05, 4.69) is 15.2 Å². The van der Waals surface area contributed by atoms with Crippen molar-refractivity contribution in [3.05, 3.63) is 0 Å². The summed E-state index contributed by atoms with van der Waals surface area (Å²) in [6.45, 7) is 1.12. The van der Waals surface area contributed by atoms with Gasteiger partial charge in [-0.2, -0.15) is 0 Å². The van der Waals surface area contributed by atoms with Gasteiger partial charge >= 0.3 is 5.97 Å². The van der Waals surface area contributed by atoms with Gasteiger partial charge < -0.3 is 34.5 Å². The summed E-state index contributed by atoms with van der Waals surface area (Å²) in [4.78, 5) is 53.8. The number of nitrogens with zero attached hydrogens (tertiary/aromatic N) is 1. The summed E-state index contributed by atoms with van der Waals surface area (Å²) >= 11 is 0. The van der Waals surface area contributed by atoms with Crippen LogP contribution < -0.4 is 15.5 Å². The van der Waals surface area contributed by atoms with Crippen LogP contribution >= 0.6 is 7.82 Å². The Morgan fingerprint density at radius 1 is 1.15 bits per heavy atom. The van der Waals surface area contributed by atoms with Crippen LogP contribution in [0.4, 0.5) is 0 Å². The zero-order valence-corrected chi connectivity index (χ0v) is 16.3. The van der Waals surface area contributed by atoms with Crippen LogP contribution in [0, 0.1) is 0 Å². The number of amides is 2. The summed E-state index contributed by atoms with van der Waals surface area (Å²) in [6, 6.07) is -2.66. The van der Waals surface area contributed by atoms with Gasteiger partial charge in [0.15, 0.2) is 6.04 Å².